The van der Waals surface area contributed by atoms with Crippen LogP contribution >= 0.6 is 0 Å². The Morgan fingerprint density at radius 2 is 2.03 bits per heavy atom. The van der Waals surface area contributed by atoms with Gasteiger partial charge in [0.1, 0.15) is 5.75 Å². The van der Waals surface area contributed by atoms with Crippen LogP contribution in [-0.2, 0) is 6.54 Å². The number of carbonyl (C=O) groups is 1. The number of aromatic nitrogens is 4. The maximum atomic E-state index is 13.1. The first kappa shape index (κ1) is 19.0. The van der Waals surface area contributed by atoms with Crippen LogP contribution in [-0.4, -0.2) is 32.3 Å². The summed E-state index contributed by atoms with van der Waals surface area (Å²) in [6.07, 6.45) is 6.23. The van der Waals surface area contributed by atoms with E-state index in [-0.39, 0.29) is 17.7 Å². The van der Waals surface area contributed by atoms with Gasteiger partial charge >= 0.3 is 6.61 Å². The number of pyridine rings is 2. The Morgan fingerprint density at radius 3 is 2.72 bits per heavy atom. The fraction of sp³-hybridized carbons (Fsp3) is 0.300. The first-order chi connectivity index (χ1) is 13.9. The summed E-state index contributed by atoms with van der Waals surface area (Å²) in [4.78, 5) is 23.4. The van der Waals surface area contributed by atoms with E-state index in [1.165, 1.54) is 18.5 Å². The number of rotatable bonds is 5. The zero-order valence-electron chi connectivity index (χ0n) is 16.1. The average Bonchev–Trinajstić information content (AvgIpc) is 3.24. The maximum Gasteiger partial charge on any atom is 0.387 e. The molecule has 3 aromatic heterocycles. The summed E-state index contributed by atoms with van der Waals surface area (Å²) >= 11 is 0. The minimum Gasteiger partial charge on any atom is -0.433 e. The second-order valence-electron chi connectivity index (χ2n) is 6.78. The van der Waals surface area contributed by atoms with Gasteiger partial charge in [-0.1, -0.05) is 0 Å². The molecule has 1 unspecified atom stereocenters. The van der Waals surface area contributed by atoms with Crippen molar-refractivity contribution in [2.75, 3.05) is 4.90 Å². The molecular weight excluding hydrogens is 380 g/mol. The molecule has 7 nitrogen and oxygen atoms in total. The molecule has 0 saturated heterocycles. The van der Waals surface area contributed by atoms with Gasteiger partial charge in [0.15, 0.2) is 0 Å². The SMILES string of the molecule is CCn1cc(N2C(=O)c3c(C)cc(-c4cncc(OC(F)F)c4)nc3C2C)cn1. The first-order valence-corrected chi connectivity index (χ1v) is 9.16. The van der Waals surface area contributed by atoms with Gasteiger partial charge in [-0.25, -0.2) is 4.98 Å². The van der Waals surface area contributed by atoms with Gasteiger partial charge in [0, 0.05) is 24.5 Å². The number of amides is 1. The number of fused-ring (bicyclic) bond motifs is 1. The number of hydrogen-bond donors (Lipinski definition) is 0. The third-order valence-corrected chi connectivity index (χ3v) is 4.92. The van der Waals surface area contributed by atoms with Crippen molar-refractivity contribution in [3.8, 4) is 17.0 Å². The van der Waals surface area contributed by atoms with Gasteiger partial charge in [-0.05, 0) is 38.5 Å². The highest BCUT2D eigenvalue weighted by Gasteiger charge is 2.38. The van der Waals surface area contributed by atoms with Crippen LogP contribution < -0.4 is 9.64 Å². The van der Waals surface area contributed by atoms with E-state index in [1.54, 1.807) is 21.8 Å². The van der Waals surface area contributed by atoms with Crippen molar-refractivity contribution >= 4 is 11.6 Å². The molecule has 0 aliphatic carbocycles. The molecule has 0 bridgehead atoms. The summed E-state index contributed by atoms with van der Waals surface area (Å²) in [7, 11) is 0. The van der Waals surface area contributed by atoms with Crippen LogP contribution in [0, 0.1) is 6.92 Å². The smallest absolute Gasteiger partial charge is 0.387 e. The Balaban J connectivity index is 1.74. The highest BCUT2D eigenvalue weighted by molar-refractivity contribution is 6.11. The van der Waals surface area contributed by atoms with Crippen LogP contribution in [0.5, 0.6) is 5.75 Å². The van der Waals surface area contributed by atoms with Crippen LogP contribution in [0.1, 0.15) is 41.5 Å². The lowest BCUT2D eigenvalue weighted by Gasteiger charge is -2.19. The molecule has 1 aliphatic rings. The fourth-order valence-electron chi connectivity index (χ4n) is 3.56. The van der Waals surface area contributed by atoms with Crippen molar-refractivity contribution in [2.45, 2.75) is 40.0 Å². The predicted molar refractivity (Wildman–Crippen MR) is 102 cm³/mol. The van der Waals surface area contributed by atoms with Gasteiger partial charge in [-0.3, -0.25) is 19.4 Å². The minimum absolute atomic E-state index is 0.0461. The van der Waals surface area contributed by atoms with E-state index in [9.17, 15) is 13.6 Å². The number of carbonyl (C=O) groups excluding carboxylic acids is 1. The number of anilines is 1. The molecule has 1 aliphatic heterocycles. The normalized spacial score (nSPS) is 15.9. The molecule has 0 N–H and O–H groups in total. The molecule has 4 rings (SSSR count). The Bertz CT molecular complexity index is 1080. The third-order valence-electron chi connectivity index (χ3n) is 4.92. The summed E-state index contributed by atoms with van der Waals surface area (Å²) in [5.74, 6) is -0.178. The molecule has 0 fully saturated rings. The largest absolute Gasteiger partial charge is 0.433 e. The van der Waals surface area contributed by atoms with Crippen molar-refractivity contribution in [3.05, 3.63) is 53.7 Å². The van der Waals surface area contributed by atoms with Crippen molar-refractivity contribution < 1.29 is 18.3 Å². The van der Waals surface area contributed by atoms with E-state index in [0.29, 0.717) is 34.7 Å². The van der Waals surface area contributed by atoms with Crippen LogP contribution in [0.3, 0.4) is 0 Å². The molecule has 3 aromatic rings. The molecule has 1 atom stereocenters. The quantitative estimate of drug-likeness (QED) is 0.649. The Labute approximate surface area is 166 Å². The number of nitrogens with zero attached hydrogens (tertiary/aromatic N) is 5. The van der Waals surface area contributed by atoms with Crippen molar-refractivity contribution in [1.82, 2.24) is 19.7 Å². The Morgan fingerprint density at radius 1 is 1.24 bits per heavy atom. The molecule has 9 heteroatoms. The monoisotopic (exact) mass is 399 g/mol. The summed E-state index contributed by atoms with van der Waals surface area (Å²) in [5, 5.41) is 4.25. The second kappa shape index (κ2) is 7.23. The van der Waals surface area contributed by atoms with E-state index in [2.05, 4.69) is 19.8 Å². The lowest BCUT2D eigenvalue weighted by molar-refractivity contribution is -0.0500. The van der Waals surface area contributed by atoms with Crippen molar-refractivity contribution in [1.29, 1.82) is 0 Å². The van der Waals surface area contributed by atoms with E-state index < -0.39 is 6.61 Å². The first-order valence-electron chi connectivity index (χ1n) is 9.16. The number of halogens is 2. The van der Waals surface area contributed by atoms with Gasteiger partial charge in [0.05, 0.1) is 41.1 Å². The van der Waals surface area contributed by atoms with E-state index >= 15 is 0 Å². The molecular formula is C20H19F2N5O2. The number of alkyl halides is 2. The van der Waals surface area contributed by atoms with Crippen LogP contribution in [0.4, 0.5) is 14.5 Å². The van der Waals surface area contributed by atoms with Gasteiger partial charge < -0.3 is 4.74 Å². The van der Waals surface area contributed by atoms with Gasteiger partial charge in [0.25, 0.3) is 5.91 Å². The lowest BCUT2D eigenvalue weighted by Crippen LogP contribution is -2.26. The zero-order valence-corrected chi connectivity index (χ0v) is 16.1. The summed E-state index contributed by atoms with van der Waals surface area (Å²) in [6.45, 7) is 3.48. The Hall–Kier alpha value is -3.36. The maximum absolute atomic E-state index is 13.1. The summed E-state index contributed by atoms with van der Waals surface area (Å²) in [6, 6.07) is 2.92. The predicted octanol–water partition coefficient (Wildman–Crippen LogP) is 3.99. The average molecular weight is 399 g/mol. The third kappa shape index (κ3) is 3.32. The Kier molecular flexibility index (Phi) is 4.73. The molecule has 0 saturated carbocycles. The zero-order chi connectivity index (χ0) is 20.7. The number of ether oxygens (including phenoxy) is 1. The molecule has 0 aromatic carbocycles. The van der Waals surface area contributed by atoms with Gasteiger partial charge in [0.2, 0.25) is 0 Å². The van der Waals surface area contributed by atoms with E-state index in [1.807, 2.05) is 27.0 Å². The molecule has 0 radical (unpaired) electrons. The van der Waals surface area contributed by atoms with Gasteiger partial charge in [-0.2, -0.15) is 13.9 Å². The molecule has 29 heavy (non-hydrogen) atoms. The van der Waals surface area contributed by atoms with E-state index in [0.717, 1.165) is 5.56 Å². The topological polar surface area (TPSA) is 73.1 Å². The highest BCUT2D eigenvalue weighted by Crippen LogP contribution is 2.39. The van der Waals surface area contributed by atoms with Crippen molar-refractivity contribution in [2.24, 2.45) is 0 Å². The summed E-state index contributed by atoms with van der Waals surface area (Å²) in [5.41, 5.74) is 3.72. The second-order valence-corrected chi connectivity index (χ2v) is 6.78. The van der Waals surface area contributed by atoms with Gasteiger partial charge in [-0.15, -0.1) is 0 Å². The fourth-order valence-corrected chi connectivity index (χ4v) is 3.56. The summed E-state index contributed by atoms with van der Waals surface area (Å²) < 4.78 is 31.2. The molecule has 4 heterocycles. The van der Waals surface area contributed by atoms with Crippen LogP contribution in [0.25, 0.3) is 11.3 Å². The number of hydrogen-bond acceptors (Lipinski definition) is 5. The lowest BCUT2D eigenvalue weighted by atomic mass is 10.0. The minimum atomic E-state index is -2.93. The molecule has 150 valence electrons. The van der Waals surface area contributed by atoms with Crippen molar-refractivity contribution in [3.63, 3.8) is 0 Å². The van der Waals surface area contributed by atoms with E-state index in [4.69, 9.17) is 0 Å². The standard InChI is InChI=1S/C20H19F2N5O2/c1-4-26-10-14(8-24-26)27-12(3)18-17(19(27)28)11(2)5-16(25-18)13-6-15(9-23-7-13)29-20(21)22/h5-10,12,20H,4H2,1-3H3. The van der Waals surface area contributed by atoms with Crippen LogP contribution in [0.2, 0.25) is 0 Å². The number of aryl methyl sites for hydroxylation is 2. The highest BCUT2D eigenvalue weighted by atomic mass is 19.3. The van der Waals surface area contributed by atoms with Crippen LogP contribution in [0.15, 0.2) is 36.9 Å². The molecule has 1 amide bonds. The molecule has 0 spiro atoms.